The van der Waals surface area contributed by atoms with E-state index >= 15 is 0 Å². The van der Waals surface area contributed by atoms with Crippen LogP contribution < -0.4 is 0 Å². The molecule has 3 heteroatoms. The Bertz CT molecular complexity index is 603. The number of rotatable bonds is 4. The largest absolute Gasteiger partial charge is 0.373 e. The van der Waals surface area contributed by atoms with Crippen LogP contribution in [0.3, 0.4) is 0 Å². The number of likely N-dealkylation sites (tertiary alicyclic amines) is 1. The Kier molecular flexibility index (Phi) is 4.86. The number of benzene rings is 2. The molecule has 0 aromatic heterocycles. The molecule has 0 saturated carbocycles. The van der Waals surface area contributed by atoms with Gasteiger partial charge in [-0.25, -0.2) is 4.39 Å². The van der Waals surface area contributed by atoms with Gasteiger partial charge in [0.2, 0.25) is 0 Å². The van der Waals surface area contributed by atoms with Gasteiger partial charge in [0.15, 0.2) is 0 Å². The normalized spacial score (nSPS) is 16.8. The molecule has 0 atom stereocenters. The summed E-state index contributed by atoms with van der Waals surface area (Å²) in [5, 5.41) is 0. The maximum atomic E-state index is 13.1. The Morgan fingerprint density at radius 1 is 1.05 bits per heavy atom. The summed E-state index contributed by atoms with van der Waals surface area (Å²) < 4.78 is 19.2. The third-order valence-corrected chi connectivity index (χ3v) is 4.31. The van der Waals surface area contributed by atoms with Gasteiger partial charge in [0, 0.05) is 13.1 Å². The van der Waals surface area contributed by atoms with Crippen molar-refractivity contribution in [2.24, 2.45) is 0 Å². The van der Waals surface area contributed by atoms with Gasteiger partial charge in [0.1, 0.15) is 5.82 Å². The highest BCUT2D eigenvalue weighted by molar-refractivity contribution is 5.67. The van der Waals surface area contributed by atoms with Crippen molar-refractivity contribution in [2.45, 2.75) is 25.6 Å². The van der Waals surface area contributed by atoms with Crippen molar-refractivity contribution in [1.29, 1.82) is 0 Å². The highest BCUT2D eigenvalue weighted by Crippen LogP contribution is 2.25. The molecule has 1 saturated heterocycles. The van der Waals surface area contributed by atoms with Crippen molar-refractivity contribution in [2.75, 3.05) is 20.1 Å². The van der Waals surface area contributed by atoms with Crippen LogP contribution in [0, 0.1) is 5.82 Å². The molecular formula is C19H22FNO. The van der Waals surface area contributed by atoms with Gasteiger partial charge in [-0.05, 0) is 48.7 Å². The molecule has 0 spiro atoms. The third-order valence-electron chi connectivity index (χ3n) is 4.31. The highest BCUT2D eigenvalue weighted by Gasteiger charge is 2.17. The monoisotopic (exact) mass is 299 g/mol. The summed E-state index contributed by atoms with van der Waals surface area (Å²) in [6.07, 6.45) is 2.53. The fraction of sp³-hybridized carbons (Fsp3) is 0.368. The lowest BCUT2D eigenvalue weighted by Crippen LogP contribution is -2.34. The number of piperidine rings is 1. The van der Waals surface area contributed by atoms with Crippen LogP contribution in [0.5, 0.6) is 0 Å². The predicted molar refractivity (Wildman–Crippen MR) is 87.1 cm³/mol. The van der Waals surface area contributed by atoms with Crippen LogP contribution in [0.15, 0.2) is 48.5 Å². The lowest BCUT2D eigenvalue weighted by molar-refractivity contribution is 0.00232. The summed E-state index contributed by atoms with van der Waals surface area (Å²) in [6, 6.07) is 14.9. The predicted octanol–water partition coefficient (Wildman–Crippen LogP) is 4.10. The Hall–Kier alpha value is -1.71. The van der Waals surface area contributed by atoms with Gasteiger partial charge in [-0.2, -0.15) is 0 Å². The van der Waals surface area contributed by atoms with E-state index in [-0.39, 0.29) is 5.82 Å². The second kappa shape index (κ2) is 7.03. The highest BCUT2D eigenvalue weighted by atomic mass is 19.1. The van der Waals surface area contributed by atoms with E-state index in [2.05, 4.69) is 24.1 Å². The molecule has 0 unspecified atom stereocenters. The van der Waals surface area contributed by atoms with Crippen LogP contribution in [0.4, 0.5) is 4.39 Å². The molecular weight excluding hydrogens is 277 g/mol. The van der Waals surface area contributed by atoms with Crippen LogP contribution in [0.1, 0.15) is 18.4 Å². The number of hydrogen-bond donors (Lipinski definition) is 0. The molecule has 2 nitrogen and oxygen atoms in total. The fourth-order valence-electron chi connectivity index (χ4n) is 2.92. The van der Waals surface area contributed by atoms with Crippen molar-refractivity contribution in [1.82, 2.24) is 4.90 Å². The van der Waals surface area contributed by atoms with Crippen LogP contribution >= 0.6 is 0 Å². The number of nitrogens with zero attached hydrogens (tertiary/aromatic N) is 1. The summed E-state index contributed by atoms with van der Waals surface area (Å²) in [7, 11) is 2.15. The SMILES string of the molecule is CN1CCC(OCc2ccccc2-c2ccc(F)cc2)CC1. The first-order valence-electron chi connectivity index (χ1n) is 7.86. The van der Waals surface area contributed by atoms with E-state index in [9.17, 15) is 4.39 Å². The zero-order valence-corrected chi connectivity index (χ0v) is 13.0. The summed E-state index contributed by atoms with van der Waals surface area (Å²) in [5.41, 5.74) is 3.31. The standard InChI is InChI=1S/C19H22FNO/c1-21-12-10-18(11-13-21)22-14-16-4-2-3-5-19(16)15-6-8-17(20)9-7-15/h2-9,18H,10-14H2,1H3. The summed E-state index contributed by atoms with van der Waals surface area (Å²) in [4.78, 5) is 2.34. The fourth-order valence-corrected chi connectivity index (χ4v) is 2.92. The van der Waals surface area contributed by atoms with Gasteiger partial charge in [-0.15, -0.1) is 0 Å². The quantitative estimate of drug-likeness (QED) is 0.842. The minimum absolute atomic E-state index is 0.205. The summed E-state index contributed by atoms with van der Waals surface area (Å²) >= 11 is 0. The van der Waals surface area contributed by atoms with Crippen LogP contribution in [0.2, 0.25) is 0 Å². The summed E-state index contributed by atoms with van der Waals surface area (Å²) in [5.74, 6) is -0.205. The second-order valence-electron chi connectivity index (χ2n) is 5.98. The molecule has 1 heterocycles. The van der Waals surface area contributed by atoms with Crippen molar-refractivity contribution >= 4 is 0 Å². The zero-order chi connectivity index (χ0) is 15.4. The van der Waals surface area contributed by atoms with Crippen molar-refractivity contribution in [3.05, 3.63) is 59.9 Å². The van der Waals surface area contributed by atoms with Gasteiger partial charge >= 0.3 is 0 Å². The van der Waals surface area contributed by atoms with Gasteiger partial charge in [0.05, 0.1) is 12.7 Å². The molecule has 0 aliphatic carbocycles. The van der Waals surface area contributed by atoms with Gasteiger partial charge in [-0.1, -0.05) is 36.4 Å². The maximum Gasteiger partial charge on any atom is 0.123 e. The molecule has 1 aliphatic heterocycles. The van der Waals surface area contributed by atoms with Gasteiger partial charge in [0.25, 0.3) is 0 Å². The molecule has 2 aromatic carbocycles. The Morgan fingerprint density at radius 2 is 1.73 bits per heavy atom. The molecule has 3 rings (SSSR count). The van der Waals surface area contributed by atoms with E-state index in [4.69, 9.17) is 4.74 Å². The van der Waals surface area contributed by atoms with Crippen molar-refractivity contribution in [3.63, 3.8) is 0 Å². The first kappa shape index (κ1) is 15.2. The lowest BCUT2D eigenvalue weighted by Gasteiger charge is -2.29. The molecule has 0 radical (unpaired) electrons. The molecule has 1 aliphatic rings. The molecule has 0 bridgehead atoms. The van der Waals surface area contributed by atoms with Gasteiger partial charge in [-0.3, -0.25) is 0 Å². The Balaban J connectivity index is 1.70. The van der Waals surface area contributed by atoms with E-state index < -0.39 is 0 Å². The number of ether oxygens (including phenoxy) is 1. The minimum Gasteiger partial charge on any atom is -0.373 e. The molecule has 1 fully saturated rings. The van der Waals surface area contributed by atoms with Crippen LogP contribution in [-0.4, -0.2) is 31.1 Å². The molecule has 0 amide bonds. The first-order chi connectivity index (χ1) is 10.7. The zero-order valence-electron chi connectivity index (χ0n) is 13.0. The molecule has 22 heavy (non-hydrogen) atoms. The van der Waals surface area contributed by atoms with E-state index in [1.807, 2.05) is 24.3 Å². The molecule has 116 valence electrons. The topological polar surface area (TPSA) is 12.5 Å². The van der Waals surface area contributed by atoms with Crippen molar-refractivity contribution in [3.8, 4) is 11.1 Å². The number of halogens is 1. The maximum absolute atomic E-state index is 13.1. The van der Waals surface area contributed by atoms with Crippen LogP contribution in [-0.2, 0) is 11.3 Å². The van der Waals surface area contributed by atoms with E-state index in [1.165, 1.54) is 12.1 Å². The Morgan fingerprint density at radius 3 is 2.45 bits per heavy atom. The van der Waals surface area contributed by atoms with Gasteiger partial charge < -0.3 is 9.64 Å². The second-order valence-corrected chi connectivity index (χ2v) is 5.98. The number of hydrogen-bond acceptors (Lipinski definition) is 2. The third kappa shape index (κ3) is 3.73. The smallest absolute Gasteiger partial charge is 0.123 e. The van der Waals surface area contributed by atoms with E-state index in [0.29, 0.717) is 12.7 Å². The lowest BCUT2D eigenvalue weighted by atomic mass is 10.00. The van der Waals surface area contributed by atoms with Crippen molar-refractivity contribution < 1.29 is 9.13 Å². The average Bonchev–Trinajstić information content (AvgIpc) is 2.55. The molecule has 2 aromatic rings. The average molecular weight is 299 g/mol. The Labute approximate surface area is 131 Å². The van der Waals surface area contributed by atoms with E-state index in [1.54, 1.807) is 0 Å². The first-order valence-corrected chi connectivity index (χ1v) is 7.86. The summed E-state index contributed by atoms with van der Waals surface area (Å²) in [6.45, 7) is 2.82. The van der Waals surface area contributed by atoms with E-state index in [0.717, 1.165) is 42.6 Å². The molecule has 0 N–H and O–H groups in total. The minimum atomic E-state index is -0.205. The van der Waals surface area contributed by atoms with Crippen LogP contribution in [0.25, 0.3) is 11.1 Å².